The van der Waals surface area contributed by atoms with Crippen LogP contribution in [0.2, 0.25) is 0 Å². The van der Waals surface area contributed by atoms with Crippen molar-refractivity contribution in [2.24, 2.45) is 0 Å². The van der Waals surface area contributed by atoms with Gasteiger partial charge in [0.15, 0.2) is 16.6 Å². The van der Waals surface area contributed by atoms with Gasteiger partial charge in [-0.3, -0.25) is 10.1 Å². The van der Waals surface area contributed by atoms with Crippen molar-refractivity contribution >= 4 is 22.4 Å². The van der Waals surface area contributed by atoms with Crippen molar-refractivity contribution < 1.29 is 9.90 Å². The van der Waals surface area contributed by atoms with E-state index in [4.69, 9.17) is 5.26 Å². The van der Waals surface area contributed by atoms with Crippen LogP contribution in [0.4, 0.5) is 5.13 Å². The molecule has 0 spiro atoms. The smallest absolute Gasteiger partial charge is 0.281 e. The Bertz CT molecular complexity index is 1190. The van der Waals surface area contributed by atoms with E-state index in [2.05, 4.69) is 21.5 Å². The molecule has 0 saturated carbocycles. The van der Waals surface area contributed by atoms with Gasteiger partial charge in [0.25, 0.3) is 5.91 Å². The minimum atomic E-state index is -0.531. The molecule has 2 aromatic heterocycles. The highest BCUT2D eigenvalue weighted by Gasteiger charge is 2.18. The number of aromatic nitrogens is 3. The molecule has 7 nitrogen and oxygen atoms in total. The zero-order valence-electron chi connectivity index (χ0n) is 15.1. The lowest BCUT2D eigenvalue weighted by atomic mass is 10.1. The maximum Gasteiger partial charge on any atom is 0.281 e. The highest BCUT2D eigenvalue weighted by atomic mass is 32.1. The monoisotopic (exact) mass is 401 g/mol. The number of anilines is 1. The van der Waals surface area contributed by atoms with Gasteiger partial charge in [-0.05, 0) is 29.8 Å². The molecule has 0 saturated heterocycles. The van der Waals surface area contributed by atoms with Crippen molar-refractivity contribution in [2.75, 3.05) is 5.32 Å². The van der Waals surface area contributed by atoms with Crippen molar-refractivity contribution in [3.05, 3.63) is 88.7 Å². The molecule has 8 heteroatoms. The number of nitriles is 1. The van der Waals surface area contributed by atoms with Gasteiger partial charge in [-0.2, -0.15) is 10.4 Å². The highest BCUT2D eigenvalue weighted by Crippen LogP contribution is 2.24. The molecule has 142 valence electrons. The first-order valence-electron chi connectivity index (χ1n) is 8.71. The molecule has 2 heterocycles. The van der Waals surface area contributed by atoms with Gasteiger partial charge >= 0.3 is 0 Å². The minimum Gasteiger partial charge on any atom is -0.504 e. The number of nitrogens with zero attached hydrogens (tertiary/aromatic N) is 4. The zero-order chi connectivity index (χ0) is 20.2. The number of amides is 1. The molecule has 1 amide bonds. The second-order valence-electron chi connectivity index (χ2n) is 6.21. The molecule has 4 rings (SSSR count). The normalized spacial score (nSPS) is 10.4. The molecule has 2 N–H and O–H groups in total. The summed E-state index contributed by atoms with van der Waals surface area (Å²) in [5, 5.41) is 26.2. The van der Waals surface area contributed by atoms with Crippen LogP contribution >= 0.6 is 11.3 Å². The number of aromatic hydroxyl groups is 1. The average Bonchev–Trinajstić information content (AvgIpc) is 3.35. The molecule has 4 aromatic rings. The summed E-state index contributed by atoms with van der Waals surface area (Å²) in [5.74, 6) is -0.739. The zero-order valence-corrected chi connectivity index (χ0v) is 15.9. The number of hydrogen-bond acceptors (Lipinski definition) is 6. The van der Waals surface area contributed by atoms with E-state index < -0.39 is 5.91 Å². The Morgan fingerprint density at radius 1 is 1.17 bits per heavy atom. The molecule has 29 heavy (non-hydrogen) atoms. The van der Waals surface area contributed by atoms with Crippen molar-refractivity contribution in [1.29, 1.82) is 5.26 Å². The summed E-state index contributed by atoms with van der Waals surface area (Å²) >= 11 is 1.35. The summed E-state index contributed by atoms with van der Waals surface area (Å²) in [6.07, 6.45) is 3.73. The van der Waals surface area contributed by atoms with Gasteiger partial charge in [-0.25, -0.2) is 9.67 Å². The molecule has 2 aromatic carbocycles. The third kappa shape index (κ3) is 4.15. The number of thiazole rings is 1. The van der Waals surface area contributed by atoms with Gasteiger partial charge in [0.2, 0.25) is 0 Å². The fraction of sp³-hybridized carbons (Fsp3) is 0.0476. The van der Waals surface area contributed by atoms with Crippen molar-refractivity contribution in [2.45, 2.75) is 6.42 Å². The molecule has 0 aliphatic rings. The van der Waals surface area contributed by atoms with Crippen LogP contribution in [0.3, 0.4) is 0 Å². The fourth-order valence-corrected chi connectivity index (χ4v) is 3.58. The van der Waals surface area contributed by atoms with Gasteiger partial charge in [0, 0.05) is 17.5 Å². The van der Waals surface area contributed by atoms with E-state index >= 15 is 0 Å². The number of nitrogens with one attached hydrogen (secondary N) is 1. The van der Waals surface area contributed by atoms with E-state index in [0.717, 1.165) is 16.1 Å². The average molecular weight is 401 g/mol. The number of benzene rings is 2. The van der Waals surface area contributed by atoms with Crippen molar-refractivity contribution in [3.8, 4) is 17.5 Å². The lowest BCUT2D eigenvalue weighted by Crippen LogP contribution is -2.13. The molecule has 0 radical (unpaired) electrons. The SMILES string of the molecule is N#Cc1ccc(Cc2cnc(NC(=O)c3nn(-c4ccccc4)cc3O)s2)cc1. The topological polar surface area (TPSA) is 104 Å². The van der Waals surface area contributed by atoms with E-state index in [1.165, 1.54) is 22.2 Å². The van der Waals surface area contributed by atoms with Crippen LogP contribution in [0.5, 0.6) is 5.75 Å². The summed E-state index contributed by atoms with van der Waals surface area (Å²) in [5.41, 5.74) is 2.32. The van der Waals surface area contributed by atoms with E-state index in [1.807, 2.05) is 42.5 Å². The Morgan fingerprint density at radius 3 is 2.66 bits per heavy atom. The standard InChI is InChI=1S/C21H15N5O2S/c22-11-15-8-6-14(7-9-15)10-17-12-23-21(29-17)24-20(28)19-18(27)13-26(25-19)16-4-2-1-3-5-16/h1-9,12-13,27H,10H2,(H,23,24,28). The Labute approximate surface area is 170 Å². The predicted molar refractivity (Wildman–Crippen MR) is 109 cm³/mol. The molecule has 0 fully saturated rings. The molecular formula is C21H15N5O2S. The van der Waals surface area contributed by atoms with E-state index in [9.17, 15) is 9.90 Å². The summed E-state index contributed by atoms with van der Waals surface area (Å²) in [6, 6.07) is 18.6. The number of rotatable bonds is 5. The van der Waals surface area contributed by atoms with Crippen LogP contribution in [-0.4, -0.2) is 25.8 Å². The van der Waals surface area contributed by atoms with Crippen LogP contribution < -0.4 is 5.32 Å². The minimum absolute atomic E-state index is 0.0716. The summed E-state index contributed by atoms with van der Waals surface area (Å²) < 4.78 is 1.45. The van der Waals surface area contributed by atoms with E-state index in [-0.39, 0.29) is 11.4 Å². The van der Waals surface area contributed by atoms with Crippen LogP contribution in [0, 0.1) is 11.3 Å². The van der Waals surface area contributed by atoms with Crippen molar-refractivity contribution in [3.63, 3.8) is 0 Å². The third-order valence-electron chi connectivity index (χ3n) is 4.17. The summed E-state index contributed by atoms with van der Waals surface area (Å²) in [6.45, 7) is 0. The van der Waals surface area contributed by atoms with Crippen LogP contribution in [0.25, 0.3) is 5.69 Å². The van der Waals surface area contributed by atoms with Gasteiger partial charge in [-0.1, -0.05) is 30.3 Å². The van der Waals surface area contributed by atoms with Gasteiger partial charge in [-0.15, -0.1) is 11.3 Å². The van der Waals surface area contributed by atoms with Gasteiger partial charge in [0.05, 0.1) is 23.5 Å². The Kier molecular flexibility index (Phi) is 5.05. The first-order chi connectivity index (χ1) is 14.1. The van der Waals surface area contributed by atoms with Crippen LogP contribution in [0.1, 0.15) is 26.5 Å². The summed E-state index contributed by atoms with van der Waals surface area (Å²) in [7, 11) is 0. The van der Waals surface area contributed by atoms with E-state index in [1.54, 1.807) is 18.3 Å². The molecule has 0 aliphatic carbocycles. The van der Waals surface area contributed by atoms with E-state index in [0.29, 0.717) is 17.1 Å². The van der Waals surface area contributed by atoms with Crippen molar-refractivity contribution in [1.82, 2.24) is 14.8 Å². The first-order valence-corrected chi connectivity index (χ1v) is 9.53. The molecular weight excluding hydrogens is 386 g/mol. The maximum atomic E-state index is 12.5. The number of hydrogen-bond donors (Lipinski definition) is 2. The Hall–Kier alpha value is -3.96. The maximum absolute atomic E-state index is 12.5. The number of carbonyl (C=O) groups is 1. The fourth-order valence-electron chi connectivity index (χ4n) is 2.74. The second-order valence-corrected chi connectivity index (χ2v) is 7.33. The number of carbonyl (C=O) groups excluding carboxylic acids is 1. The predicted octanol–water partition coefficient (Wildman–Crippen LogP) is 3.75. The molecule has 0 atom stereocenters. The number of para-hydroxylation sites is 1. The first kappa shape index (κ1) is 18.4. The third-order valence-corrected chi connectivity index (χ3v) is 5.08. The highest BCUT2D eigenvalue weighted by molar-refractivity contribution is 7.15. The molecule has 0 aliphatic heterocycles. The van der Waals surface area contributed by atoms with Crippen LogP contribution in [0.15, 0.2) is 67.0 Å². The quantitative estimate of drug-likeness (QED) is 0.530. The van der Waals surface area contributed by atoms with Crippen LogP contribution in [-0.2, 0) is 6.42 Å². The molecule has 0 bridgehead atoms. The van der Waals surface area contributed by atoms with Gasteiger partial charge < -0.3 is 5.11 Å². The summed E-state index contributed by atoms with van der Waals surface area (Å²) in [4.78, 5) is 17.7. The lowest BCUT2D eigenvalue weighted by Gasteiger charge is -2.00. The largest absolute Gasteiger partial charge is 0.504 e. The Morgan fingerprint density at radius 2 is 1.93 bits per heavy atom. The Balaban J connectivity index is 1.45. The lowest BCUT2D eigenvalue weighted by molar-refractivity contribution is 0.101. The second kappa shape index (κ2) is 7.96. The van der Waals surface area contributed by atoms with Gasteiger partial charge in [0.1, 0.15) is 0 Å². The molecule has 0 unspecified atom stereocenters.